The summed E-state index contributed by atoms with van der Waals surface area (Å²) in [5.41, 5.74) is 3.18. The molecule has 1 aromatic rings. The van der Waals surface area contributed by atoms with Crippen LogP contribution in [0.3, 0.4) is 0 Å². The van der Waals surface area contributed by atoms with Gasteiger partial charge in [-0.2, -0.15) is 5.10 Å². The number of nitrogens with one attached hydrogen (secondary N) is 1. The van der Waals surface area contributed by atoms with E-state index in [0.29, 0.717) is 44.0 Å². The van der Waals surface area contributed by atoms with E-state index < -0.39 is 0 Å². The molecular formula is C20H32N4O2. The van der Waals surface area contributed by atoms with Gasteiger partial charge in [0.05, 0.1) is 13.2 Å². The van der Waals surface area contributed by atoms with Gasteiger partial charge in [0.2, 0.25) is 0 Å². The van der Waals surface area contributed by atoms with Crippen LogP contribution in [0.5, 0.6) is 0 Å². The highest BCUT2D eigenvalue weighted by Gasteiger charge is 2.32. The monoisotopic (exact) mass is 360 g/mol. The summed E-state index contributed by atoms with van der Waals surface area (Å²) < 4.78 is 7.52. The normalized spacial score (nSPS) is 23.3. The number of hydrogen-bond acceptors (Lipinski definition) is 4. The van der Waals surface area contributed by atoms with E-state index in [1.807, 2.05) is 4.90 Å². The van der Waals surface area contributed by atoms with Crippen molar-refractivity contribution in [3.05, 3.63) is 17.0 Å². The standard InChI is InChI=1S/C20H32N4O2/c1-14(2)13-24-18-6-5-16(21-12-15-3-4-15)11-17(18)19(22-24)20(25)23-7-9-26-10-8-23/h14-16,21H,3-13H2,1-2H3/t16-/m1/s1. The molecule has 0 bridgehead atoms. The van der Waals surface area contributed by atoms with Crippen molar-refractivity contribution in [1.29, 1.82) is 0 Å². The zero-order valence-corrected chi connectivity index (χ0v) is 16.2. The number of rotatable bonds is 6. The first-order valence-electron chi connectivity index (χ1n) is 10.3. The van der Waals surface area contributed by atoms with E-state index in [1.165, 1.54) is 24.1 Å². The Morgan fingerprint density at radius 2 is 2.04 bits per heavy atom. The van der Waals surface area contributed by atoms with Crippen LogP contribution in [0, 0.1) is 11.8 Å². The number of morpholine rings is 1. The molecule has 144 valence electrons. The van der Waals surface area contributed by atoms with E-state index in [1.54, 1.807) is 0 Å². The van der Waals surface area contributed by atoms with Crippen LogP contribution in [0.2, 0.25) is 0 Å². The summed E-state index contributed by atoms with van der Waals surface area (Å²) in [5, 5.41) is 8.54. The Kier molecular flexibility index (Phi) is 5.32. The minimum atomic E-state index is 0.0925. The third kappa shape index (κ3) is 3.96. The molecule has 2 aliphatic carbocycles. The molecule has 4 rings (SSSR count). The molecule has 1 aromatic heterocycles. The molecule has 6 nitrogen and oxygen atoms in total. The van der Waals surface area contributed by atoms with Gasteiger partial charge in [-0.15, -0.1) is 0 Å². The van der Waals surface area contributed by atoms with E-state index in [2.05, 4.69) is 23.8 Å². The van der Waals surface area contributed by atoms with Crippen LogP contribution < -0.4 is 5.32 Å². The van der Waals surface area contributed by atoms with Crippen LogP contribution in [0.4, 0.5) is 0 Å². The Bertz CT molecular complexity index is 644. The van der Waals surface area contributed by atoms with Gasteiger partial charge in [0.15, 0.2) is 5.69 Å². The predicted octanol–water partition coefficient (Wildman–Crippen LogP) is 1.87. The molecule has 1 aliphatic heterocycles. The highest BCUT2D eigenvalue weighted by Crippen LogP contribution is 2.30. The summed E-state index contributed by atoms with van der Waals surface area (Å²) in [5.74, 6) is 1.50. The van der Waals surface area contributed by atoms with Crippen LogP contribution in [0.15, 0.2) is 0 Å². The highest BCUT2D eigenvalue weighted by molar-refractivity contribution is 5.94. The Balaban J connectivity index is 1.55. The van der Waals surface area contributed by atoms with Crippen molar-refractivity contribution in [3.8, 4) is 0 Å². The van der Waals surface area contributed by atoms with Gasteiger partial charge in [0.1, 0.15) is 0 Å². The number of hydrogen-bond donors (Lipinski definition) is 1. The Morgan fingerprint density at radius 3 is 2.73 bits per heavy atom. The van der Waals surface area contributed by atoms with Gasteiger partial charge in [-0.05, 0) is 50.5 Å². The van der Waals surface area contributed by atoms with Crippen molar-refractivity contribution in [1.82, 2.24) is 20.0 Å². The summed E-state index contributed by atoms with van der Waals surface area (Å²) >= 11 is 0. The van der Waals surface area contributed by atoms with Gasteiger partial charge in [-0.25, -0.2) is 0 Å². The van der Waals surface area contributed by atoms with Crippen molar-refractivity contribution in [2.75, 3.05) is 32.8 Å². The Labute approximate surface area is 156 Å². The molecule has 1 atom stereocenters. The molecule has 26 heavy (non-hydrogen) atoms. The maximum absolute atomic E-state index is 13.1. The number of aromatic nitrogens is 2. The second-order valence-corrected chi connectivity index (χ2v) is 8.55. The lowest BCUT2D eigenvalue weighted by Gasteiger charge is -2.28. The first-order chi connectivity index (χ1) is 12.6. The molecule has 1 amide bonds. The molecular weight excluding hydrogens is 328 g/mol. The average Bonchev–Trinajstić information content (AvgIpc) is 3.42. The lowest BCUT2D eigenvalue weighted by atomic mass is 9.90. The molecule has 0 aromatic carbocycles. The topological polar surface area (TPSA) is 59.4 Å². The highest BCUT2D eigenvalue weighted by atomic mass is 16.5. The second kappa shape index (κ2) is 7.69. The van der Waals surface area contributed by atoms with Crippen molar-refractivity contribution in [2.24, 2.45) is 11.8 Å². The first-order valence-corrected chi connectivity index (χ1v) is 10.3. The van der Waals surface area contributed by atoms with Crippen LogP contribution in [0.25, 0.3) is 0 Å². The van der Waals surface area contributed by atoms with Crippen LogP contribution in [-0.2, 0) is 24.1 Å². The SMILES string of the molecule is CC(C)Cn1nc(C(=O)N2CCOCC2)c2c1CC[C@@H](NCC1CC1)C2. The van der Waals surface area contributed by atoms with Crippen molar-refractivity contribution in [3.63, 3.8) is 0 Å². The van der Waals surface area contributed by atoms with E-state index in [-0.39, 0.29) is 5.91 Å². The van der Waals surface area contributed by atoms with Gasteiger partial charge < -0.3 is 15.0 Å². The molecule has 1 saturated carbocycles. The fourth-order valence-electron chi connectivity index (χ4n) is 4.10. The number of amides is 1. The quantitative estimate of drug-likeness (QED) is 0.841. The predicted molar refractivity (Wildman–Crippen MR) is 100 cm³/mol. The van der Waals surface area contributed by atoms with Crippen LogP contribution in [-0.4, -0.2) is 59.5 Å². The number of fused-ring (bicyclic) bond motifs is 1. The molecule has 3 aliphatic rings. The minimum Gasteiger partial charge on any atom is -0.378 e. The zero-order valence-electron chi connectivity index (χ0n) is 16.2. The first kappa shape index (κ1) is 18.0. The average molecular weight is 361 g/mol. The third-order valence-electron chi connectivity index (χ3n) is 5.78. The molecule has 1 saturated heterocycles. The maximum Gasteiger partial charge on any atom is 0.274 e. The fraction of sp³-hybridized carbons (Fsp3) is 0.800. The summed E-state index contributed by atoms with van der Waals surface area (Å²) in [6.45, 7) is 9.05. The van der Waals surface area contributed by atoms with E-state index in [0.717, 1.165) is 38.3 Å². The van der Waals surface area contributed by atoms with Crippen molar-refractivity contribution in [2.45, 2.75) is 58.5 Å². The molecule has 1 N–H and O–H groups in total. The molecule has 0 spiro atoms. The van der Waals surface area contributed by atoms with E-state index in [4.69, 9.17) is 9.84 Å². The molecule has 2 fully saturated rings. The number of nitrogens with zero attached hydrogens (tertiary/aromatic N) is 3. The van der Waals surface area contributed by atoms with Gasteiger partial charge in [-0.1, -0.05) is 13.8 Å². The van der Waals surface area contributed by atoms with Crippen LogP contribution in [0.1, 0.15) is 54.9 Å². The minimum absolute atomic E-state index is 0.0925. The Hall–Kier alpha value is -1.40. The van der Waals surface area contributed by atoms with E-state index in [9.17, 15) is 4.79 Å². The second-order valence-electron chi connectivity index (χ2n) is 8.55. The fourth-order valence-corrected chi connectivity index (χ4v) is 4.10. The summed E-state index contributed by atoms with van der Waals surface area (Å²) in [6, 6.07) is 0.482. The summed E-state index contributed by atoms with van der Waals surface area (Å²) in [6.07, 6.45) is 5.85. The number of ether oxygens (including phenoxy) is 1. The number of carbonyl (C=O) groups is 1. The molecule has 6 heteroatoms. The van der Waals surface area contributed by atoms with Crippen molar-refractivity contribution < 1.29 is 9.53 Å². The van der Waals surface area contributed by atoms with Crippen LogP contribution >= 0.6 is 0 Å². The smallest absolute Gasteiger partial charge is 0.274 e. The van der Waals surface area contributed by atoms with Gasteiger partial charge in [-0.3, -0.25) is 9.48 Å². The van der Waals surface area contributed by atoms with Crippen molar-refractivity contribution >= 4 is 5.91 Å². The largest absolute Gasteiger partial charge is 0.378 e. The van der Waals surface area contributed by atoms with E-state index >= 15 is 0 Å². The lowest BCUT2D eigenvalue weighted by Crippen LogP contribution is -2.42. The maximum atomic E-state index is 13.1. The zero-order chi connectivity index (χ0) is 18.1. The van der Waals surface area contributed by atoms with Gasteiger partial charge in [0, 0.05) is 36.9 Å². The molecule has 0 unspecified atom stereocenters. The summed E-state index contributed by atoms with van der Waals surface area (Å²) in [4.78, 5) is 15.0. The van der Waals surface area contributed by atoms with Gasteiger partial charge >= 0.3 is 0 Å². The number of carbonyl (C=O) groups excluding carboxylic acids is 1. The third-order valence-corrected chi connectivity index (χ3v) is 5.78. The lowest BCUT2D eigenvalue weighted by molar-refractivity contribution is 0.0297. The molecule has 2 heterocycles. The summed E-state index contributed by atoms with van der Waals surface area (Å²) in [7, 11) is 0. The molecule has 0 radical (unpaired) electrons. The Morgan fingerprint density at radius 1 is 1.27 bits per heavy atom. The van der Waals surface area contributed by atoms with Gasteiger partial charge in [0.25, 0.3) is 5.91 Å².